The van der Waals surface area contributed by atoms with Gasteiger partial charge in [0.25, 0.3) is 0 Å². The number of nitrogens with zero attached hydrogens (tertiary/aromatic N) is 1. The van der Waals surface area contributed by atoms with Gasteiger partial charge < -0.3 is 0 Å². The molecule has 0 heterocycles. The van der Waals surface area contributed by atoms with E-state index in [1.807, 2.05) is 0 Å². The molecule has 0 aromatic heterocycles. The molecule has 0 N–H and O–H groups in total. The van der Waals surface area contributed by atoms with Crippen molar-refractivity contribution >= 4 is 52.1 Å². The molecule has 1 unspecified atom stereocenters. The van der Waals surface area contributed by atoms with E-state index in [0.717, 1.165) is 0 Å². The number of rotatable bonds is 2. The van der Waals surface area contributed by atoms with Crippen LogP contribution >= 0.6 is 41.6 Å². The van der Waals surface area contributed by atoms with Gasteiger partial charge in [0, 0.05) is 0 Å². The van der Waals surface area contributed by atoms with Crippen molar-refractivity contribution in [3.63, 3.8) is 0 Å². The molecule has 0 aliphatic rings. The van der Waals surface area contributed by atoms with E-state index >= 15 is 0 Å². The van der Waals surface area contributed by atoms with Gasteiger partial charge in [-0.25, -0.2) is 0 Å². The van der Waals surface area contributed by atoms with Gasteiger partial charge >= 0.3 is 74.1 Å². The van der Waals surface area contributed by atoms with Crippen LogP contribution < -0.4 is 0 Å². The fourth-order valence-corrected chi connectivity index (χ4v) is 6.13. The van der Waals surface area contributed by atoms with Crippen molar-refractivity contribution in [2.45, 2.75) is 10.6 Å². The first kappa shape index (κ1) is 10.2. The molecule has 1 nitrogen and oxygen atoms in total. The maximum atomic E-state index is 8.17. The normalized spacial score (nSPS) is 14.6. The second-order valence-electron chi connectivity index (χ2n) is 1.42. The molecule has 0 aromatic carbocycles. The molecule has 1 atom stereocenters. The monoisotopic (exact) mass is 267 g/mol. The fraction of sp³-hybridized carbons (Fsp3) is 0.667. The average Bonchev–Trinajstić information content (AvgIpc) is 1.62. The van der Waals surface area contributed by atoms with Crippen LogP contribution in [-0.4, -0.2) is 15.9 Å². The van der Waals surface area contributed by atoms with Crippen molar-refractivity contribution in [2.24, 2.45) is 0 Å². The Morgan fingerprint density at radius 1 is 1.44 bits per heavy atom. The zero-order valence-corrected chi connectivity index (χ0v) is 9.37. The number of alkyl halides is 1. The number of halogens is 4. The molecule has 0 radical (unpaired) electrons. The van der Waals surface area contributed by atoms with E-state index in [2.05, 4.69) is 0 Å². The summed E-state index contributed by atoms with van der Waals surface area (Å²) < 4.78 is 0. The van der Waals surface area contributed by atoms with E-state index in [1.54, 1.807) is 6.07 Å². The standard InChI is InChI=1S/C3H3Cl4GeN/c4-3(2-9)1-8(5,6)7/h3H,1H2. The Bertz CT molecular complexity index is 125. The van der Waals surface area contributed by atoms with Crippen LogP contribution in [0.15, 0.2) is 0 Å². The molecule has 0 bridgehead atoms. The van der Waals surface area contributed by atoms with Gasteiger partial charge in [0.15, 0.2) is 0 Å². The SMILES string of the molecule is N#CC(Cl)[CH2][Ge]([Cl])([Cl])[Cl]. The minimum absolute atomic E-state index is 0.239. The minimum atomic E-state index is -3.12. The summed E-state index contributed by atoms with van der Waals surface area (Å²) in [5.74, 6) is 0. The van der Waals surface area contributed by atoms with Crippen LogP contribution in [0, 0.1) is 11.3 Å². The van der Waals surface area contributed by atoms with Crippen molar-refractivity contribution in [3.8, 4) is 6.07 Å². The summed E-state index contributed by atoms with van der Waals surface area (Å²) >= 11 is 5.38. The number of hydrogen-bond acceptors (Lipinski definition) is 1. The second kappa shape index (κ2) is 4.15. The van der Waals surface area contributed by atoms with E-state index in [0.29, 0.717) is 0 Å². The van der Waals surface area contributed by atoms with E-state index in [4.69, 9.17) is 46.9 Å². The molecule has 9 heavy (non-hydrogen) atoms. The van der Waals surface area contributed by atoms with E-state index < -0.39 is 15.9 Å². The van der Waals surface area contributed by atoms with E-state index in [-0.39, 0.29) is 5.25 Å². The summed E-state index contributed by atoms with van der Waals surface area (Å²) in [5.41, 5.74) is 0. The zero-order chi connectivity index (χ0) is 7.49. The predicted octanol–water partition coefficient (Wildman–Crippen LogP) is 2.77. The fourth-order valence-electron chi connectivity index (χ4n) is 0.249. The molecule has 0 saturated heterocycles. The summed E-state index contributed by atoms with van der Waals surface area (Å²) in [6.45, 7) is 0. The molecule has 0 rings (SSSR count). The van der Waals surface area contributed by atoms with Crippen molar-refractivity contribution in [1.29, 1.82) is 5.26 Å². The Morgan fingerprint density at radius 3 is 2.00 bits per heavy atom. The third-order valence-electron chi connectivity index (χ3n) is 0.551. The van der Waals surface area contributed by atoms with Gasteiger partial charge in [-0.3, -0.25) is 0 Å². The predicted molar refractivity (Wildman–Crippen MR) is 43.4 cm³/mol. The molecular weight excluding hydrogens is 264 g/mol. The first-order valence-corrected chi connectivity index (χ1v) is 12.3. The van der Waals surface area contributed by atoms with Crippen LogP contribution in [0.3, 0.4) is 0 Å². The summed E-state index contributed by atoms with van der Waals surface area (Å²) in [7, 11) is 13.3. The summed E-state index contributed by atoms with van der Waals surface area (Å²) in [6.07, 6.45) is 0. The Labute approximate surface area is 73.7 Å². The van der Waals surface area contributed by atoms with Crippen LogP contribution in [0.4, 0.5) is 0 Å². The molecule has 0 spiro atoms. The molecule has 0 fully saturated rings. The van der Waals surface area contributed by atoms with Crippen LogP contribution in [0.1, 0.15) is 0 Å². The van der Waals surface area contributed by atoms with Gasteiger partial charge in [-0.05, 0) is 0 Å². The Kier molecular flexibility index (Phi) is 4.70. The quantitative estimate of drug-likeness (QED) is 0.557. The molecule has 6 heteroatoms. The van der Waals surface area contributed by atoms with Crippen molar-refractivity contribution in [1.82, 2.24) is 0 Å². The maximum absolute atomic E-state index is 8.17. The van der Waals surface area contributed by atoms with Crippen molar-refractivity contribution in [2.75, 3.05) is 0 Å². The van der Waals surface area contributed by atoms with E-state index in [9.17, 15) is 0 Å². The van der Waals surface area contributed by atoms with Crippen molar-refractivity contribution < 1.29 is 0 Å². The molecule has 0 saturated carbocycles. The van der Waals surface area contributed by atoms with Gasteiger partial charge in [-0.2, -0.15) is 0 Å². The topological polar surface area (TPSA) is 23.8 Å². The second-order valence-corrected chi connectivity index (χ2v) is 18.5. The van der Waals surface area contributed by atoms with Crippen LogP contribution in [0.2, 0.25) is 5.25 Å². The van der Waals surface area contributed by atoms with Crippen LogP contribution in [0.25, 0.3) is 0 Å². The summed E-state index contributed by atoms with van der Waals surface area (Å²) in [5, 5.41) is 7.77. The van der Waals surface area contributed by atoms with Gasteiger partial charge in [0.05, 0.1) is 0 Å². The zero-order valence-electron chi connectivity index (χ0n) is 4.24. The van der Waals surface area contributed by atoms with Gasteiger partial charge in [-0.1, -0.05) is 0 Å². The molecule has 0 aromatic rings. The van der Waals surface area contributed by atoms with E-state index in [1.165, 1.54) is 0 Å². The van der Waals surface area contributed by atoms with Crippen LogP contribution in [-0.2, 0) is 0 Å². The van der Waals surface area contributed by atoms with Gasteiger partial charge in [-0.15, -0.1) is 0 Å². The molecule has 52 valence electrons. The first-order chi connectivity index (χ1) is 3.95. The first-order valence-electron chi connectivity index (χ1n) is 2.06. The van der Waals surface area contributed by atoms with Gasteiger partial charge in [0.1, 0.15) is 0 Å². The molecule has 0 aliphatic carbocycles. The summed E-state index contributed by atoms with van der Waals surface area (Å²) in [6, 6.07) is 1.78. The van der Waals surface area contributed by atoms with Crippen molar-refractivity contribution in [3.05, 3.63) is 0 Å². The average molecular weight is 267 g/mol. The third kappa shape index (κ3) is 7.09. The number of nitriles is 1. The molecular formula is C3H3Cl4GeN. The molecule has 0 aliphatic heterocycles. The van der Waals surface area contributed by atoms with Crippen LogP contribution in [0.5, 0.6) is 0 Å². The molecule has 0 amide bonds. The Morgan fingerprint density at radius 2 is 1.89 bits per heavy atom. The van der Waals surface area contributed by atoms with Gasteiger partial charge in [0.2, 0.25) is 0 Å². The Balaban J connectivity index is 3.63. The third-order valence-corrected chi connectivity index (χ3v) is 5.58. The number of hydrogen-bond donors (Lipinski definition) is 0. The Hall–Kier alpha value is 1.19. The summed E-state index contributed by atoms with van der Waals surface area (Å²) in [4.78, 5) is 0.